The van der Waals surface area contributed by atoms with Crippen molar-refractivity contribution in [2.45, 2.75) is 25.3 Å². The summed E-state index contributed by atoms with van der Waals surface area (Å²) < 4.78 is 41.5. The zero-order chi connectivity index (χ0) is 15.7. The van der Waals surface area contributed by atoms with Gasteiger partial charge < -0.3 is 10.1 Å². The second-order valence-electron chi connectivity index (χ2n) is 5.90. The Morgan fingerprint density at radius 3 is 2.73 bits per heavy atom. The van der Waals surface area contributed by atoms with Crippen LogP contribution in [0.15, 0.2) is 18.2 Å². The van der Waals surface area contributed by atoms with E-state index in [1.165, 1.54) is 12.1 Å². The molecule has 1 N–H and O–H groups in total. The third-order valence-corrected chi connectivity index (χ3v) is 5.92. The van der Waals surface area contributed by atoms with Crippen molar-refractivity contribution in [3.8, 4) is 5.75 Å². The van der Waals surface area contributed by atoms with Crippen molar-refractivity contribution in [2.75, 3.05) is 18.1 Å². The largest absolute Gasteiger partial charge is 0.492 e. The molecule has 2 aliphatic heterocycles. The summed E-state index contributed by atoms with van der Waals surface area (Å²) in [6, 6.07) is 4.19. The predicted octanol–water partition coefficient (Wildman–Crippen LogP) is 1.07. The Morgan fingerprint density at radius 2 is 2.00 bits per heavy atom. The number of rotatable bonds is 2. The SMILES string of the molecule is O=C(NC1CCS(=O)(=O)CC1)C1COc2ccc(F)cc2C1. The lowest BCUT2D eigenvalue weighted by atomic mass is 9.95. The van der Waals surface area contributed by atoms with Crippen LogP contribution < -0.4 is 10.1 Å². The van der Waals surface area contributed by atoms with Crippen LogP contribution in [0.5, 0.6) is 5.75 Å². The Kier molecular flexibility index (Phi) is 4.08. The van der Waals surface area contributed by atoms with E-state index in [1.54, 1.807) is 6.07 Å². The number of carbonyl (C=O) groups is 1. The molecule has 0 spiro atoms. The van der Waals surface area contributed by atoms with Gasteiger partial charge in [0.2, 0.25) is 5.91 Å². The highest BCUT2D eigenvalue weighted by atomic mass is 32.2. The molecule has 2 heterocycles. The molecule has 5 nitrogen and oxygen atoms in total. The highest BCUT2D eigenvalue weighted by molar-refractivity contribution is 7.91. The minimum Gasteiger partial charge on any atom is -0.492 e. The number of ether oxygens (including phenoxy) is 1. The summed E-state index contributed by atoms with van der Waals surface area (Å²) in [6.07, 6.45) is 1.34. The Bertz CT molecular complexity index is 675. The number of benzene rings is 1. The van der Waals surface area contributed by atoms with Crippen molar-refractivity contribution >= 4 is 15.7 Å². The smallest absolute Gasteiger partial charge is 0.227 e. The van der Waals surface area contributed by atoms with Gasteiger partial charge in [-0.3, -0.25) is 4.79 Å². The molecule has 0 saturated carbocycles. The van der Waals surface area contributed by atoms with Gasteiger partial charge in [-0.1, -0.05) is 0 Å². The third-order valence-electron chi connectivity index (χ3n) is 4.20. The van der Waals surface area contributed by atoms with Crippen molar-refractivity contribution in [1.29, 1.82) is 0 Å². The normalized spacial score (nSPS) is 24.1. The van der Waals surface area contributed by atoms with Crippen LogP contribution in [0.25, 0.3) is 0 Å². The molecule has 1 amide bonds. The number of amides is 1. The molecule has 0 radical (unpaired) electrons. The summed E-state index contributed by atoms with van der Waals surface area (Å²) in [5.41, 5.74) is 0.692. The lowest BCUT2D eigenvalue weighted by Gasteiger charge is -2.28. The minimum atomic E-state index is -2.94. The van der Waals surface area contributed by atoms with E-state index < -0.39 is 9.84 Å². The summed E-state index contributed by atoms with van der Waals surface area (Å²) in [4.78, 5) is 12.3. The van der Waals surface area contributed by atoms with E-state index in [1.807, 2.05) is 0 Å². The average molecular weight is 327 g/mol. The average Bonchev–Trinajstić information content (AvgIpc) is 2.48. The van der Waals surface area contributed by atoms with Crippen molar-refractivity contribution in [1.82, 2.24) is 5.32 Å². The van der Waals surface area contributed by atoms with Crippen LogP contribution in [0.1, 0.15) is 18.4 Å². The van der Waals surface area contributed by atoms with E-state index in [0.717, 1.165) is 0 Å². The van der Waals surface area contributed by atoms with Gasteiger partial charge in [-0.05, 0) is 43.0 Å². The third kappa shape index (κ3) is 3.40. The molecule has 1 unspecified atom stereocenters. The van der Waals surface area contributed by atoms with Crippen LogP contribution in [-0.2, 0) is 21.1 Å². The first-order valence-corrected chi connectivity index (χ1v) is 9.17. The quantitative estimate of drug-likeness (QED) is 0.882. The second kappa shape index (κ2) is 5.87. The maximum absolute atomic E-state index is 13.3. The molecule has 1 aromatic rings. The molecule has 1 aromatic carbocycles. The van der Waals surface area contributed by atoms with Gasteiger partial charge in [0, 0.05) is 6.04 Å². The highest BCUT2D eigenvalue weighted by Crippen LogP contribution is 2.28. The van der Waals surface area contributed by atoms with Crippen molar-refractivity contribution in [3.05, 3.63) is 29.6 Å². The van der Waals surface area contributed by atoms with Crippen LogP contribution in [0.2, 0.25) is 0 Å². The molecule has 2 aliphatic rings. The number of sulfone groups is 1. The van der Waals surface area contributed by atoms with Gasteiger partial charge >= 0.3 is 0 Å². The van der Waals surface area contributed by atoms with E-state index in [0.29, 0.717) is 30.6 Å². The van der Waals surface area contributed by atoms with E-state index >= 15 is 0 Å². The summed E-state index contributed by atoms with van der Waals surface area (Å²) >= 11 is 0. The zero-order valence-electron chi connectivity index (χ0n) is 12.0. The summed E-state index contributed by atoms with van der Waals surface area (Å²) in [5.74, 6) is -0.0116. The zero-order valence-corrected chi connectivity index (χ0v) is 12.9. The Labute approximate surface area is 128 Å². The highest BCUT2D eigenvalue weighted by Gasteiger charge is 2.30. The molecule has 0 aliphatic carbocycles. The molecule has 0 bridgehead atoms. The number of carbonyl (C=O) groups excluding carboxylic acids is 1. The van der Waals surface area contributed by atoms with Crippen molar-refractivity contribution in [3.63, 3.8) is 0 Å². The molecule has 1 atom stereocenters. The van der Waals surface area contributed by atoms with E-state index in [2.05, 4.69) is 5.32 Å². The van der Waals surface area contributed by atoms with Gasteiger partial charge in [0.15, 0.2) is 0 Å². The topological polar surface area (TPSA) is 72.5 Å². The van der Waals surface area contributed by atoms with E-state index in [9.17, 15) is 17.6 Å². The van der Waals surface area contributed by atoms with Gasteiger partial charge in [0.25, 0.3) is 0 Å². The van der Waals surface area contributed by atoms with Crippen LogP contribution in [0.4, 0.5) is 4.39 Å². The lowest BCUT2D eigenvalue weighted by molar-refractivity contribution is -0.127. The molecule has 22 heavy (non-hydrogen) atoms. The van der Waals surface area contributed by atoms with Gasteiger partial charge in [-0.2, -0.15) is 0 Å². The summed E-state index contributed by atoms with van der Waals surface area (Å²) in [7, 11) is -2.94. The monoisotopic (exact) mass is 327 g/mol. The number of halogens is 1. The maximum atomic E-state index is 13.3. The first-order chi connectivity index (χ1) is 10.4. The number of hydrogen-bond donors (Lipinski definition) is 1. The van der Waals surface area contributed by atoms with Crippen LogP contribution in [-0.4, -0.2) is 38.5 Å². The fourth-order valence-corrected chi connectivity index (χ4v) is 4.38. The molecule has 7 heteroatoms. The Hall–Kier alpha value is -1.63. The predicted molar refractivity (Wildman–Crippen MR) is 78.9 cm³/mol. The van der Waals surface area contributed by atoms with Crippen LogP contribution >= 0.6 is 0 Å². The first-order valence-electron chi connectivity index (χ1n) is 7.35. The van der Waals surface area contributed by atoms with E-state index in [4.69, 9.17) is 4.74 Å². The molecular formula is C15H18FNO4S. The number of hydrogen-bond acceptors (Lipinski definition) is 4. The van der Waals surface area contributed by atoms with Crippen LogP contribution in [0, 0.1) is 11.7 Å². The van der Waals surface area contributed by atoms with Crippen LogP contribution in [0.3, 0.4) is 0 Å². The second-order valence-corrected chi connectivity index (χ2v) is 8.20. The molecule has 0 aromatic heterocycles. The molecule has 1 saturated heterocycles. The molecule has 1 fully saturated rings. The minimum absolute atomic E-state index is 0.107. The fourth-order valence-electron chi connectivity index (χ4n) is 2.88. The number of fused-ring (bicyclic) bond motifs is 1. The standard InChI is InChI=1S/C15H18FNO4S/c16-12-1-2-14-10(8-12)7-11(9-21-14)15(18)17-13-3-5-22(19,20)6-4-13/h1-2,8,11,13H,3-7,9H2,(H,17,18). The summed E-state index contributed by atoms with van der Waals surface area (Å²) in [5, 5.41) is 2.89. The fraction of sp³-hybridized carbons (Fsp3) is 0.533. The Morgan fingerprint density at radius 1 is 1.27 bits per heavy atom. The summed E-state index contributed by atoms with van der Waals surface area (Å²) in [6.45, 7) is 0.259. The number of nitrogens with one attached hydrogen (secondary N) is 1. The Balaban J connectivity index is 1.60. The lowest BCUT2D eigenvalue weighted by Crippen LogP contribution is -2.45. The molecule has 3 rings (SSSR count). The first kappa shape index (κ1) is 15.3. The van der Waals surface area contributed by atoms with E-state index in [-0.39, 0.29) is 41.8 Å². The molecule has 120 valence electrons. The van der Waals surface area contributed by atoms with Crippen molar-refractivity contribution in [2.24, 2.45) is 5.92 Å². The van der Waals surface area contributed by atoms with Crippen molar-refractivity contribution < 1.29 is 22.3 Å². The van der Waals surface area contributed by atoms with Gasteiger partial charge in [-0.25, -0.2) is 12.8 Å². The van der Waals surface area contributed by atoms with Gasteiger partial charge in [-0.15, -0.1) is 0 Å². The van der Waals surface area contributed by atoms with Gasteiger partial charge in [0.05, 0.1) is 17.4 Å². The maximum Gasteiger partial charge on any atom is 0.227 e. The molecular weight excluding hydrogens is 309 g/mol. The van der Waals surface area contributed by atoms with Gasteiger partial charge in [0.1, 0.15) is 28.0 Å².